The Morgan fingerprint density at radius 2 is 2.23 bits per heavy atom. The molecule has 0 aliphatic carbocycles. The number of methoxy groups -OCH3 is 1. The minimum absolute atomic E-state index is 0.00349. The zero-order valence-electron chi connectivity index (χ0n) is 12.9. The summed E-state index contributed by atoms with van der Waals surface area (Å²) in [5.41, 5.74) is 0. The average Bonchev–Trinajstić information content (AvgIpc) is 2.53. The number of ether oxygens (including phenoxy) is 2. The lowest BCUT2D eigenvalue weighted by Gasteiger charge is -2.32. The van der Waals surface area contributed by atoms with Gasteiger partial charge in [-0.1, -0.05) is 0 Å². The van der Waals surface area contributed by atoms with Crippen LogP contribution in [0, 0.1) is 0 Å². The van der Waals surface area contributed by atoms with Crippen LogP contribution in [0.5, 0.6) is 11.9 Å². The van der Waals surface area contributed by atoms with Crippen LogP contribution in [0.2, 0.25) is 0 Å². The van der Waals surface area contributed by atoms with Crippen molar-refractivity contribution in [2.45, 2.75) is 38.7 Å². The van der Waals surface area contributed by atoms with Gasteiger partial charge in [0, 0.05) is 31.6 Å². The van der Waals surface area contributed by atoms with E-state index in [1.807, 2.05) is 0 Å². The lowest BCUT2D eigenvalue weighted by Crippen LogP contribution is -2.44. The fourth-order valence-corrected chi connectivity index (χ4v) is 2.36. The fourth-order valence-electron chi connectivity index (χ4n) is 2.36. The molecule has 2 heterocycles. The second kappa shape index (κ2) is 7.72. The highest BCUT2D eigenvalue weighted by molar-refractivity contribution is 5.83. The molecule has 1 aromatic rings. The predicted octanol–water partition coefficient (Wildman–Crippen LogP) is 1.22. The minimum Gasteiger partial charge on any atom is -0.472 e. The molecule has 0 N–H and O–H groups in total. The summed E-state index contributed by atoms with van der Waals surface area (Å²) in [4.78, 5) is 32.8. The first-order valence-corrected chi connectivity index (χ1v) is 7.39. The molecule has 1 aliphatic rings. The van der Waals surface area contributed by atoms with E-state index in [9.17, 15) is 9.59 Å². The van der Waals surface area contributed by atoms with E-state index in [2.05, 4.69) is 9.97 Å². The van der Waals surface area contributed by atoms with Crippen LogP contribution >= 0.6 is 0 Å². The molecule has 1 amide bonds. The first kappa shape index (κ1) is 16.2. The topological polar surface area (TPSA) is 81.6 Å². The number of hydrogen-bond donors (Lipinski definition) is 0. The maximum atomic E-state index is 12.1. The van der Waals surface area contributed by atoms with Gasteiger partial charge in [0.2, 0.25) is 11.8 Å². The zero-order chi connectivity index (χ0) is 15.9. The lowest BCUT2D eigenvalue weighted by molar-refractivity contribution is -0.135. The van der Waals surface area contributed by atoms with Crippen molar-refractivity contribution in [1.82, 2.24) is 14.9 Å². The summed E-state index contributed by atoms with van der Waals surface area (Å²) in [5.74, 6) is 0.477. The largest absolute Gasteiger partial charge is 0.472 e. The van der Waals surface area contributed by atoms with Gasteiger partial charge in [-0.05, 0) is 19.8 Å². The van der Waals surface area contributed by atoms with Crippen LogP contribution in [0.25, 0.3) is 0 Å². The van der Waals surface area contributed by atoms with Crippen LogP contribution in [0.4, 0.5) is 0 Å². The van der Waals surface area contributed by atoms with E-state index in [1.165, 1.54) is 14.0 Å². The molecule has 22 heavy (non-hydrogen) atoms. The first-order chi connectivity index (χ1) is 10.6. The van der Waals surface area contributed by atoms with Gasteiger partial charge >= 0.3 is 6.01 Å². The Bertz CT molecular complexity index is 535. The Balaban J connectivity index is 1.89. The Morgan fingerprint density at radius 1 is 1.41 bits per heavy atom. The SMILES string of the molecule is COc1nccc(OC2CCCN(C(=O)CCC(C)=O)C2)n1. The van der Waals surface area contributed by atoms with Crippen molar-refractivity contribution in [3.05, 3.63) is 12.3 Å². The minimum atomic E-state index is -0.102. The summed E-state index contributed by atoms with van der Waals surface area (Å²) >= 11 is 0. The predicted molar refractivity (Wildman–Crippen MR) is 78.7 cm³/mol. The van der Waals surface area contributed by atoms with Crippen molar-refractivity contribution in [3.63, 3.8) is 0 Å². The standard InChI is InChI=1S/C15H21N3O4/c1-11(19)5-6-14(20)18-9-3-4-12(10-18)22-13-7-8-16-15(17-13)21-2/h7-8,12H,3-6,9-10H2,1-2H3. The molecule has 2 rings (SSSR count). The van der Waals surface area contributed by atoms with Crippen molar-refractivity contribution in [3.8, 4) is 11.9 Å². The van der Waals surface area contributed by atoms with Gasteiger partial charge in [0.1, 0.15) is 11.9 Å². The fraction of sp³-hybridized carbons (Fsp3) is 0.600. The maximum Gasteiger partial charge on any atom is 0.319 e. The number of Topliss-reactive ketones (excluding diaryl/α,β-unsaturated/α-hetero) is 1. The summed E-state index contributed by atoms with van der Waals surface area (Å²) in [6, 6.07) is 1.92. The van der Waals surface area contributed by atoms with Gasteiger partial charge in [-0.15, -0.1) is 0 Å². The number of carbonyl (C=O) groups is 2. The van der Waals surface area contributed by atoms with E-state index in [1.54, 1.807) is 17.2 Å². The Hall–Kier alpha value is -2.18. The highest BCUT2D eigenvalue weighted by Crippen LogP contribution is 2.18. The maximum absolute atomic E-state index is 12.1. The number of amides is 1. The lowest BCUT2D eigenvalue weighted by atomic mass is 10.1. The Kier molecular flexibility index (Phi) is 5.68. The van der Waals surface area contributed by atoms with Crippen LogP contribution in [0.3, 0.4) is 0 Å². The molecule has 1 aromatic heterocycles. The van der Waals surface area contributed by atoms with E-state index >= 15 is 0 Å². The van der Waals surface area contributed by atoms with Gasteiger partial charge < -0.3 is 19.2 Å². The van der Waals surface area contributed by atoms with Gasteiger partial charge in [0.15, 0.2) is 0 Å². The van der Waals surface area contributed by atoms with E-state index in [0.717, 1.165) is 12.8 Å². The van der Waals surface area contributed by atoms with E-state index in [-0.39, 0.29) is 30.2 Å². The van der Waals surface area contributed by atoms with Crippen molar-refractivity contribution in [2.24, 2.45) is 0 Å². The molecule has 7 heteroatoms. The molecule has 0 saturated carbocycles. The molecule has 1 fully saturated rings. The van der Waals surface area contributed by atoms with Crippen LogP contribution in [-0.4, -0.2) is 52.9 Å². The number of likely N-dealkylation sites (tertiary alicyclic amines) is 1. The van der Waals surface area contributed by atoms with E-state index in [4.69, 9.17) is 9.47 Å². The van der Waals surface area contributed by atoms with Gasteiger partial charge in [-0.25, -0.2) is 4.98 Å². The third-order valence-electron chi connectivity index (χ3n) is 3.50. The third-order valence-corrected chi connectivity index (χ3v) is 3.50. The number of rotatable bonds is 6. The van der Waals surface area contributed by atoms with Gasteiger partial charge in [0.05, 0.1) is 13.7 Å². The van der Waals surface area contributed by atoms with Gasteiger partial charge in [-0.2, -0.15) is 4.98 Å². The number of nitrogens with zero attached hydrogens (tertiary/aromatic N) is 3. The molecule has 1 unspecified atom stereocenters. The molecule has 120 valence electrons. The summed E-state index contributed by atoms with van der Waals surface area (Å²) in [7, 11) is 1.50. The van der Waals surface area contributed by atoms with Crippen molar-refractivity contribution in [1.29, 1.82) is 0 Å². The molecule has 1 atom stereocenters. The Morgan fingerprint density at radius 3 is 2.95 bits per heavy atom. The average molecular weight is 307 g/mol. The number of carbonyl (C=O) groups excluding carboxylic acids is 2. The first-order valence-electron chi connectivity index (χ1n) is 7.39. The van der Waals surface area contributed by atoms with Crippen molar-refractivity contribution in [2.75, 3.05) is 20.2 Å². The third kappa shape index (κ3) is 4.68. The quantitative estimate of drug-likeness (QED) is 0.786. The van der Waals surface area contributed by atoms with Gasteiger partial charge in [-0.3, -0.25) is 4.79 Å². The molecular formula is C15H21N3O4. The monoisotopic (exact) mass is 307 g/mol. The molecule has 0 radical (unpaired) electrons. The zero-order valence-corrected chi connectivity index (χ0v) is 12.9. The number of piperidine rings is 1. The Labute approximate surface area is 129 Å². The van der Waals surface area contributed by atoms with E-state index in [0.29, 0.717) is 25.4 Å². The van der Waals surface area contributed by atoms with Crippen LogP contribution in [0.15, 0.2) is 12.3 Å². The van der Waals surface area contributed by atoms with Crippen LogP contribution in [-0.2, 0) is 9.59 Å². The summed E-state index contributed by atoms with van der Waals surface area (Å²) in [5, 5.41) is 0. The van der Waals surface area contributed by atoms with Crippen LogP contribution < -0.4 is 9.47 Å². The number of aromatic nitrogens is 2. The number of hydrogen-bond acceptors (Lipinski definition) is 6. The highest BCUT2D eigenvalue weighted by Gasteiger charge is 2.25. The van der Waals surface area contributed by atoms with Crippen molar-refractivity contribution >= 4 is 11.7 Å². The van der Waals surface area contributed by atoms with Crippen molar-refractivity contribution < 1.29 is 19.1 Å². The molecule has 7 nitrogen and oxygen atoms in total. The normalized spacial score (nSPS) is 17.9. The molecule has 0 aromatic carbocycles. The molecule has 0 spiro atoms. The summed E-state index contributed by atoms with van der Waals surface area (Å²) in [6.07, 6.45) is 3.77. The van der Waals surface area contributed by atoms with Crippen LogP contribution in [0.1, 0.15) is 32.6 Å². The van der Waals surface area contributed by atoms with Gasteiger partial charge in [0.25, 0.3) is 0 Å². The second-order valence-electron chi connectivity index (χ2n) is 5.31. The molecule has 0 bridgehead atoms. The number of ketones is 1. The molecule has 1 saturated heterocycles. The van der Waals surface area contributed by atoms with E-state index < -0.39 is 0 Å². The summed E-state index contributed by atoms with van der Waals surface area (Å²) < 4.78 is 10.8. The highest BCUT2D eigenvalue weighted by atomic mass is 16.5. The molecule has 1 aliphatic heterocycles. The summed E-state index contributed by atoms with van der Waals surface area (Å²) in [6.45, 7) is 2.73. The second-order valence-corrected chi connectivity index (χ2v) is 5.31. The molecular weight excluding hydrogens is 286 g/mol. The smallest absolute Gasteiger partial charge is 0.319 e.